The molecule has 0 unspecified atom stereocenters. The van der Waals surface area contributed by atoms with E-state index in [9.17, 15) is 0 Å². The Labute approximate surface area is 111 Å². The molecule has 0 fully saturated rings. The summed E-state index contributed by atoms with van der Waals surface area (Å²) in [6, 6.07) is 7.67. The number of tetrazole rings is 1. The van der Waals surface area contributed by atoms with Crippen molar-refractivity contribution in [3.63, 3.8) is 0 Å². The molecule has 18 heavy (non-hydrogen) atoms. The molecule has 0 spiro atoms. The molecule has 1 aromatic heterocycles. The van der Waals surface area contributed by atoms with Crippen molar-refractivity contribution >= 4 is 17.5 Å². The highest BCUT2D eigenvalue weighted by Gasteiger charge is 2.01. The lowest BCUT2D eigenvalue weighted by Crippen LogP contribution is -2.04. The quantitative estimate of drug-likeness (QED) is 0.873. The number of unbranched alkanes of at least 4 members (excludes halogenated alkanes) is 1. The van der Waals surface area contributed by atoms with Crippen molar-refractivity contribution in [2.45, 2.75) is 32.9 Å². The van der Waals surface area contributed by atoms with Crippen LogP contribution in [-0.4, -0.2) is 20.2 Å². The summed E-state index contributed by atoms with van der Waals surface area (Å²) in [5, 5.41) is 16.0. The number of hydrogen-bond donors (Lipinski definition) is 1. The summed E-state index contributed by atoms with van der Waals surface area (Å²) in [4.78, 5) is 1.62. The third-order valence-corrected chi connectivity index (χ3v) is 2.78. The highest BCUT2D eigenvalue weighted by molar-refractivity contribution is 6.30. The van der Waals surface area contributed by atoms with E-state index in [-0.39, 0.29) is 0 Å². The second-order valence-corrected chi connectivity index (χ2v) is 4.48. The predicted octanol–water partition coefficient (Wildman–Crippen LogP) is 2.74. The number of rotatable bonds is 6. The molecule has 1 N–H and O–H groups in total. The van der Waals surface area contributed by atoms with E-state index in [0.29, 0.717) is 12.5 Å². The molecule has 0 radical (unpaired) electrons. The predicted molar refractivity (Wildman–Crippen MR) is 71.5 cm³/mol. The molecular formula is C12H16ClN5. The summed E-state index contributed by atoms with van der Waals surface area (Å²) >= 11 is 5.82. The maximum atomic E-state index is 5.82. The largest absolute Gasteiger partial charge is 0.348 e. The third-order valence-electron chi connectivity index (χ3n) is 2.53. The van der Waals surface area contributed by atoms with Crippen LogP contribution in [0.5, 0.6) is 0 Å². The number of anilines is 1. The van der Waals surface area contributed by atoms with Crippen molar-refractivity contribution in [3.8, 4) is 0 Å². The van der Waals surface area contributed by atoms with Gasteiger partial charge in [0.05, 0.1) is 6.54 Å². The number of aromatic nitrogens is 4. The van der Waals surface area contributed by atoms with Crippen LogP contribution < -0.4 is 5.32 Å². The smallest absolute Gasteiger partial charge is 0.263 e. The number of hydrogen-bond acceptors (Lipinski definition) is 4. The average molecular weight is 266 g/mol. The van der Waals surface area contributed by atoms with Crippen molar-refractivity contribution in [3.05, 3.63) is 34.9 Å². The maximum absolute atomic E-state index is 5.82. The minimum atomic E-state index is 0.557. The minimum absolute atomic E-state index is 0.557. The molecule has 0 atom stereocenters. The SMILES string of the molecule is CCCCn1nnc(NCc2ccc(Cl)cc2)n1. The minimum Gasteiger partial charge on any atom is -0.348 e. The molecule has 6 heteroatoms. The van der Waals surface area contributed by atoms with Crippen molar-refractivity contribution in [2.75, 3.05) is 5.32 Å². The van der Waals surface area contributed by atoms with E-state index in [1.807, 2.05) is 24.3 Å². The van der Waals surface area contributed by atoms with E-state index < -0.39 is 0 Å². The number of halogens is 1. The summed E-state index contributed by atoms with van der Waals surface area (Å²) in [7, 11) is 0. The fourth-order valence-corrected chi connectivity index (χ4v) is 1.62. The lowest BCUT2D eigenvalue weighted by atomic mass is 10.2. The Bertz CT molecular complexity index is 479. The Morgan fingerprint density at radius 2 is 2.06 bits per heavy atom. The van der Waals surface area contributed by atoms with Crippen LogP contribution in [-0.2, 0) is 13.1 Å². The summed E-state index contributed by atoms with van der Waals surface area (Å²) in [5.74, 6) is 0.557. The van der Waals surface area contributed by atoms with E-state index in [1.165, 1.54) is 0 Å². The Morgan fingerprint density at radius 1 is 1.28 bits per heavy atom. The molecule has 2 aromatic rings. The first-order valence-electron chi connectivity index (χ1n) is 6.04. The molecule has 1 aromatic carbocycles. The Kier molecular flexibility index (Phi) is 4.52. The molecule has 0 amide bonds. The molecule has 2 rings (SSSR count). The molecule has 5 nitrogen and oxygen atoms in total. The van der Waals surface area contributed by atoms with Gasteiger partial charge in [0, 0.05) is 11.6 Å². The van der Waals surface area contributed by atoms with E-state index in [2.05, 4.69) is 27.7 Å². The van der Waals surface area contributed by atoms with Gasteiger partial charge in [0.1, 0.15) is 0 Å². The van der Waals surface area contributed by atoms with E-state index in [1.54, 1.807) is 4.80 Å². The van der Waals surface area contributed by atoms with E-state index >= 15 is 0 Å². The number of nitrogens with zero attached hydrogens (tertiary/aromatic N) is 4. The molecule has 0 saturated carbocycles. The molecule has 0 aliphatic heterocycles. The van der Waals surface area contributed by atoms with Crippen LogP contribution in [0.15, 0.2) is 24.3 Å². The fourth-order valence-electron chi connectivity index (χ4n) is 1.49. The third kappa shape index (κ3) is 3.70. The molecular weight excluding hydrogens is 250 g/mol. The van der Waals surface area contributed by atoms with Gasteiger partial charge in [-0.05, 0) is 29.3 Å². The molecule has 0 aliphatic carbocycles. The van der Waals surface area contributed by atoms with Gasteiger partial charge >= 0.3 is 0 Å². The topological polar surface area (TPSA) is 55.6 Å². The number of aryl methyl sites for hydroxylation is 1. The summed E-state index contributed by atoms with van der Waals surface area (Å²) in [6.07, 6.45) is 2.18. The second-order valence-electron chi connectivity index (χ2n) is 4.04. The first kappa shape index (κ1) is 12.8. The Morgan fingerprint density at radius 3 is 2.78 bits per heavy atom. The zero-order valence-corrected chi connectivity index (χ0v) is 11.1. The zero-order chi connectivity index (χ0) is 12.8. The van der Waals surface area contributed by atoms with Gasteiger partial charge in [-0.3, -0.25) is 0 Å². The van der Waals surface area contributed by atoms with Gasteiger partial charge in [-0.15, -0.1) is 5.10 Å². The second kappa shape index (κ2) is 6.35. The summed E-state index contributed by atoms with van der Waals surface area (Å²) < 4.78 is 0. The monoisotopic (exact) mass is 265 g/mol. The standard InChI is InChI=1S/C12H16ClN5/c1-2-3-8-18-16-12(15-17-18)14-9-10-4-6-11(13)7-5-10/h4-7H,2-3,8-9H2,1H3,(H,14,16). The fraction of sp³-hybridized carbons (Fsp3) is 0.417. The van der Waals surface area contributed by atoms with Crippen LogP contribution in [0.3, 0.4) is 0 Å². The van der Waals surface area contributed by atoms with Crippen molar-refractivity contribution in [1.29, 1.82) is 0 Å². The number of nitrogens with one attached hydrogen (secondary N) is 1. The van der Waals surface area contributed by atoms with Crippen molar-refractivity contribution in [2.24, 2.45) is 0 Å². The van der Waals surface area contributed by atoms with Gasteiger partial charge < -0.3 is 5.32 Å². The normalized spacial score (nSPS) is 10.6. The summed E-state index contributed by atoms with van der Waals surface area (Å²) in [6.45, 7) is 3.61. The van der Waals surface area contributed by atoms with Gasteiger partial charge in [-0.25, -0.2) is 0 Å². The lowest BCUT2D eigenvalue weighted by Gasteiger charge is -2.01. The average Bonchev–Trinajstić information content (AvgIpc) is 2.84. The Hall–Kier alpha value is -1.62. The van der Waals surface area contributed by atoms with Crippen molar-refractivity contribution in [1.82, 2.24) is 20.2 Å². The van der Waals surface area contributed by atoms with Gasteiger partial charge in [-0.2, -0.15) is 4.80 Å². The van der Waals surface area contributed by atoms with Crippen LogP contribution in [0.25, 0.3) is 0 Å². The highest BCUT2D eigenvalue weighted by Crippen LogP contribution is 2.10. The van der Waals surface area contributed by atoms with Crippen LogP contribution in [0.2, 0.25) is 5.02 Å². The molecule has 1 heterocycles. The van der Waals surface area contributed by atoms with E-state index in [4.69, 9.17) is 11.6 Å². The first-order valence-corrected chi connectivity index (χ1v) is 6.42. The van der Waals surface area contributed by atoms with Crippen LogP contribution in [0, 0.1) is 0 Å². The van der Waals surface area contributed by atoms with Crippen LogP contribution in [0.4, 0.5) is 5.95 Å². The lowest BCUT2D eigenvalue weighted by molar-refractivity contribution is 0.496. The van der Waals surface area contributed by atoms with Crippen LogP contribution >= 0.6 is 11.6 Å². The zero-order valence-electron chi connectivity index (χ0n) is 10.3. The van der Waals surface area contributed by atoms with Gasteiger partial charge in [0.2, 0.25) is 0 Å². The van der Waals surface area contributed by atoms with Crippen molar-refractivity contribution < 1.29 is 0 Å². The number of benzene rings is 1. The first-order chi connectivity index (χ1) is 8.78. The van der Waals surface area contributed by atoms with Gasteiger partial charge in [0.15, 0.2) is 0 Å². The molecule has 0 bridgehead atoms. The van der Waals surface area contributed by atoms with Gasteiger partial charge in [-0.1, -0.05) is 42.2 Å². The maximum Gasteiger partial charge on any atom is 0.263 e. The molecule has 0 aliphatic rings. The Balaban J connectivity index is 1.86. The molecule has 0 saturated heterocycles. The van der Waals surface area contributed by atoms with Gasteiger partial charge in [0.25, 0.3) is 5.95 Å². The molecule has 96 valence electrons. The van der Waals surface area contributed by atoms with Crippen LogP contribution in [0.1, 0.15) is 25.3 Å². The highest BCUT2D eigenvalue weighted by atomic mass is 35.5. The van der Waals surface area contributed by atoms with E-state index in [0.717, 1.165) is 30.0 Å². The summed E-state index contributed by atoms with van der Waals surface area (Å²) in [5.41, 5.74) is 1.13.